The summed E-state index contributed by atoms with van der Waals surface area (Å²) in [5.41, 5.74) is 0. The molecule has 96 valence electrons. The molecule has 1 aliphatic heterocycles. The van der Waals surface area contributed by atoms with Crippen LogP contribution in [0.2, 0.25) is 0 Å². The number of rotatable bonds is 4. The van der Waals surface area contributed by atoms with Crippen LogP contribution < -0.4 is 0 Å². The van der Waals surface area contributed by atoms with Gasteiger partial charge in [-0.3, -0.25) is 4.79 Å². The zero-order chi connectivity index (χ0) is 12.3. The summed E-state index contributed by atoms with van der Waals surface area (Å²) in [6, 6.07) is 0.271. The predicted octanol–water partition coefficient (Wildman–Crippen LogP) is 2.10. The van der Waals surface area contributed by atoms with Crippen molar-refractivity contribution in [3.63, 3.8) is 0 Å². The minimum Gasteiger partial charge on any atom is -0.393 e. The second-order valence-electron chi connectivity index (χ2n) is 5.44. The van der Waals surface area contributed by atoms with Crippen LogP contribution in [0.4, 0.5) is 0 Å². The molecule has 0 aromatic heterocycles. The third-order valence-electron chi connectivity index (χ3n) is 3.86. The fraction of sp³-hybridized carbons (Fsp3) is 0.786. The molecule has 1 aliphatic carbocycles. The Bertz CT molecular complexity index is 299. The number of carbonyl (C=O) groups excluding carboxylic acids is 1. The van der Waals surface area contributed by atoms with Crippen molar-refractivity contribution in [3.05, 3.63) is 12.2 Å². The van der Waals surface area contributed by atoms with Gasteiger partial charge in [0, 0.05) is 19.0 Å². The van der Waals surface area contributed by atoms with E-state index in [9.17, 15) is 9.90 Å². The van der Waals surface area contributed by atoms with Crippen LogP contribution in [-0.4, -0.2) is 34.6 Å². The van der Waals surface area contributed by atoms with E-state index in [4.69, 9.17) is 0 Å². The predicted molar refractivity (Wildman–Crippen MR) is 67.5 cm³/mol. The van der Waals surface area contributed by atoms with Crippen molar-refractivity contribution < 1.29 is 9.90 Å². The Hall–Kier alpha value is -0.830. The van der Waals surface area contributed by atoms with Gasteiger partial charge >= 0.3 is 0 Å². The van der Waals surface area contributed by atoms with Gasteiger partial charge in [-0.15, -0.1) is 0 Å². The molecule has 1 saturated heterocycles. The quantitative estimate of drug-likeness (QED) is 0.761. The standard InChI is InChI=1S/C14H23NO2/c1-11(16)9-13-7-4-8-15(13)14(17)10-12-5-2-3-6-12/h2,5,11-13,16H,3-4,6-10H2,1H3/t11-,12+,13-/m0/s1. The third-order valence-corrected chi connectivity index (χ3v) is 3.86. The molecule has 1 heterocycles. The van der Waals surface area contributed by atoms with Gasteiger partial charge in [-0.2, -0.15) is 0 Å². The molecule has 0 spiro atoms. The molecule has 1 fully saturated rings. The van der Waals surface area contributed by atoms with Crippen LogP contribution in [0.1, 0.15) is 45.4 Å². The first-order chi connectivity index (χ1) is 8.16. The smallest absolute Gasteiger partial charge is 0.223 e. The number of amides is 1. The van der Waals surface area contributed by atoms with Crippen LogP contribution in [0.15, 0.2) is 12.2 Å². The first kappa shape index (κ1) is 12.6. The number of carbonyl (C=O) groups is 1. The molecule has 3 heteroatoms. The molecule has 0 radical (unpaired) electrons. The molecule has 0 aromatic rings. The van der Waals surface area contributed by atoms with Crippen LogP contribution >= 0.6 is 0 Å². The summed E-state index contributed by atoms with van der Waals surface area (Å²) in [7, 11) is 0. The number of hydrogen-bond donors (Lipinski definition) is 1. The summed E-state index contributed by atoms with van der Waals surface area (Å²) in [6.07, 6.45) is 9.82. The van der Waals surface area contributed by atoms with E-state index in [1.54, 1.807) is 6.92 Å². The first-order valence-electron chi connectivity index (χ1n) is 6.81. The zero-order valence-corrected chi connectivity index (χ0v) is 10.6. The molecule has 1 N–H and O–H groups in total. The number of likely N-dealkylation sites (tertiary alicyclic amines) is 1. The lowest BCUT2D eigenvalue weighted by Gasteiger charge is -2.26. The number of allylic oxidation sites excluding steroid dienone is 2. The Kier molecular flexibility index (Phi) is 4.21. The van der Waals surface area contributed by atoms with E-state index in [1.165, 1.54) is 0 Å². The SMILES string of the molecule is C[C@H](O)C[C@@H]1CCCN1C(=O)C[C@@H]1C=CCC1. The van der Waals surface area contributed by atoms with Gasteiger partial charge in [0.15, 0.2) is 0 Å². The lowest BCUT2D eigenvalue weighted by molar-refractivity contribution is -0.133. The number of aliphatic hydroxyl groups is 1. The van der Waals surface area contributed by atoms with Crippen molar-refractivity contribution in [2.45, 2.75) is 57.6 Å². The van der Waals surface area contributed by atoms with Crippen molar-refractivity contribution >= 4 is 5.91 Å². The Morgan fingerprint density at radius 2 is 2.35 bits per heavy atom. The van der Waals surface area contributed by atoms with Crippen LogP contribution in [0.25, 0.3) is 0 Å². The fourth-order valence-electron chi connectivity index (χ4n) is 3.01. The molecule has 2 aliphatic rings. The maximum atomic E-state index is 12.2. The molecule has 2 rings (SSSR count). The molecule has 0 unspecified atom stereocenters. The average molecular weight is 237 g/mol. The van der Waals surface area contributed by atoms with Crippen molar-refractivity contribution in [1.82, 2.24) is 4.90 Å². The Morgan fingerprint density at radius 1 is 1.53 bits per heavy atom. The van der Waals surface area contributed by atoms with Gasteiger partial charge in [0.2, 0.25) is 5.91 Å². The summed E-state index contributed by atoms with van der Waals surface area (Å²) in [6.45, 7) is 2.69. The number of hydrogen-bond acceptors (Lipinski definition) is 2. The summed E-state index contributed by atoms with van der Waals surface area (Å²) >= 11 is 0. The van der Waals surface area contributed by atoms with E-state index in [0.29, 0.717) is 12.3 Å². The fourth-order valence-corrected chi connectivity index (χ4v) is 3.01. The molecular weight excluding hydrogens is 214 g/mol. The van der Waals surface area contributed by atoms with Gasteiger partial charge in [0.1, 0.15) is 0 Å². The molecule has 0 saturated carbocycles. The van der Waals surface area contributed by atoms with E-state index in [0.717, 1.165) is 38.6 Å². The minimum atomic E-state index is -0.306. The van der Waals surface area contributed by atoms with E-state index in [2.05, 4.69) is 12.2 Å². The van der Waals surface area contributed by atoms with E-state index < -0.39 is 0 Å². The highest BCUT2D eigenvalue weighted by atomic mass is 16.3. The van der Waals surface area contributed by atoms with Crippen LogP contribution in [0.5, 0.6) is 0 Å². The average Bonchev–Trinajstić information content (AvgIpc) is 2.87. The number of aliphatic hydroxyl groups excluding tert-OH is 1. The lowest BCUT2D eigenvalue weighted by atomic mass is 10.0. The van der Waals surface area contributed by atoms with Crippen molar-refractivity contribution in [2.24, 2.45) is 5.92 Å². The Morgan fingerprint density at radius 3 is 3.00 bits per heavy atom. The van der Waals surface area contributed by atoms with Gasteiger partial charge < -0.3 is 10.0 Å². The maximum absolute atomic E-state index is 12.2. The topological polar surface area (TPSA) is 40.5 Å². The largest absolute Gasteiger partial charge is 0.393 e. The van der Waals surface area contributed by atoms with Gasteiger partial charge in [0.05, 0.1) is 6.10 Å². The molecular formula is C14H23NO2. The first-order valence-corrected chi connectivity index (χ1v) is 6.81. The molecule has 1 amide bonds. The summed E-state index contributed by atoms with van der Waals surface area (Å²) in [5.74, 6) is 0.736. The van der Waals surface area contributed by atoms with E-state index in [-0.39, 0.29) is 18.1 Å². The van der Waals surface area contributed by atoms with Crippen LogP contribution in [0, 0.1) is 5.92 Å². The van der Waals surface area contributed by atoms with Crippen molar-refractivity contribution in [2.75, 3.05) is 6.54 Å². The normalized spacial score (nSPS) is 29.9. The number of nitrogens with zero attached hydrogens (tertiary/aromatic N) is 1. The molecule has 0 bridgehead atoms. The highest BCUT2D eigenvalue weighted by molar-refractivity contribution is 5.77. The Balaban J connectivity index is 1.86. The van der Waals surface area contributed by atoms with Gasteiger partial charge in [0.25, 0.3) is 0 Å². The summed E-state index contributed by atoms with van der Waals surface area (Å²) in [5, 5.41) is 9.45. The highest BCUT2D eigenvalue weighted by Crippen LogP contribution is 2.26. The van der Waals surface area contributed by atoms with Crippen molar-refractivity contribution in [3.8, 4) is 0 Å². The van der Waals surface area contributed by atoms with E-state index >= 15 is 0 Å². The second kappa shape index (κ2) is 5.67. The molecule has 0 aromatic carbocycles. The molecule has 3 nitrogen and oxygen atoms in total. The van der Waals surface area contributed by atoms with Gasteiger partial charge in [-0.05, 0) is 44.9 Å². The lowest BCUT2D eigenvalue weighted by Crippen LogP contribution is -2.37. The highest BCUT2D eigenvalue weighted by Gasteiger charge is 2.30. The minimum absolute atomic E-state index is 0.271. The third kappa shape index (κ3) is 3.32. The molecule has 3 atom stereocenters. The van der Waals surface area contributed by atoms with E-state index in [1.807, 2.05) is 4.90 Å². The summed E-state index contributed by atoms with van der Waals surface area (Å²) in [4.78, 5) is 14.2. The maximum Gasteiger partial charge on any atom is 0.223 e. The summed E-state index contributed by atoms with van der Waals surface area (Å²) < 4.78 is 0. The molecule has 17 heavy (non-hydrogen) atoms. The van der Waals surface area contributed by atoms with Gasteiger partial charge in [-0.1, -0.05) is 12.2 Å². The Labute approximate surface area is 103 Å². The van der Waals surface area contributed by atoms with Crippen LogP contribution in [-0.2, 0) is 4.79 Å². The zero-order valence-electron chi connectivity index (χ0n) is 10.6. The monoisotopic (exact) mass is 237 g/mol. The van der Waals surface area contributed by atoms with Crippen LogP contribution in [0.3, 0.4) is 0 Å². The van der Waals surface area contributed by atoms with Crippen molar-refractivity contribution in [1.29, 1.82) is 0 Å². The second-order valence-corrected chi connectivity index (χ2v) is 5.44. The van der Waals surface area contributed by atoms with Gasteiger partial charge in [-0.25, -0.2) is 0 Å².